The molecule has 0 bridgehead atoms. The maximum atomic E-state index is 11.7. The lowest BCUT2D eigenvalue weighted by Gasteiger charge is -2.08. The minimum Gasteiger partial charge on any atom is -0.325 e. The molecule has 0 aliphatic carbocycles. The van der Waals surface area contributed by atoms with Gasteiger partial charge in [-0.3, -0.25) is 4.79 Å². The van der Waals surface area contributed by atoms with Gasteiger partial charge in [-0.25, -0.2) is 0 Å². The first-order chi connectivity index (χ1) is 9.04. The Morgan fingerprint density at radius 2 is 1.63 bits per heavy atom. The summed E-state index contributed by atoms with van der Waals surface area (Å²) in [7, 11) is 0. The first-order valence-electron chi connectivity index (χ1n) is 6.58. The highest BCUT2D eigenvalue weighted by Crippen LogP contribution is 2.35. The van der Waals surface area contributed by atoms with Gasteiger partial charge in [0.15, 0.2) is 0 Å². The van der Waals surface area contributed by atoms with Gasteiger partial charge in [0.1, 0.15) is 0 Å². The molecular weight excluding hydrogens is 234 g/mol. The van der Waals surface area contributed by atoms with Crippen LogP contribution in [-0.4, -0.2) is 5.91 Å². The molecule has 2 aromatic carbocycles. The second kappa shape index (κ2) is 4.23. The van der Waals surface area contributed by atoms with E-state index in [4.69, 9.17) is 0 Å². The third-order valence-electron chi connectivity index (χ3n) is 3.72. The maximum absolute atomic E-state index is 11.7. The Kier molecular flexibility index (Phi) is 2.67. The van der Waals surface area contributed by atoms with E-state index in [-0.39, 0.29) is 11.8 Å². The summed E-state index contributed by atoms with van der Waals surface area (Å²) in [6, 6.07) is 12.7. The molecule has 3 rings (SSSR count). The number of aryl methyl sites for hydroxylation is 2. The van der Waals surface area contributed by atoms with Gasteiger partial charge in [-0.15, -0.1) is 0 Å². The average Bonchev–Trinajstić information content (AvgIpc) is 2.64. The summed E-state index contributed by atoms with van der Waals surface area (Å²) < 4.78 is 0. The number of hydrogen-bond donors (Lipinski definition) is 1. The summed E-state index contributed by atoms with van der Waals surface area (Å²) >= 11 is 0. The van der Waals surface area contributed by atoms with Crippen LogP contribution in [-0.2, 0) is 4.79 Å². The van der Waals surface area contributed by atoms with Crippen LogP contribution in [0.5, 0.6) is 0 Å². The molecule has 96 valence electrons. The minimum absolute atomic E-state index is 0.0548. The van der Waals surface area contributed by atoms with Crippen LogP contribution < -0.4 is 5.32 Å². The lowest BCUT2D eigenvalue weighted by atomic mass is 9.95. The van der Waals surface area contributed by atoms with Crippen molar-refractivity contribution in [3.05, 3.63) is 53.1 Å². The summed E-state index contributed by atoms with van der Waals surface area (Å²) in [5.41, 5.74) is 6.96. The predicted molar refractivity (Wildman–Crippen MR) is 78.4 cm³/mol. The van der Waals surface area contributed by atoms with Crippen molar-refractivity contribution >= 4 is 11.6 Å². The molecule has 1 aliphatic rings. The summed E-state index contributed by atoms with van der Waals surface area (Å²) in [6.45, 7) is 6.17. The second-order valence-electron chi connectivity index (χ2n) is 5.39. The number of benzene rings is 2. The van der Waals surface area contributed by atoms with Gasteiger partial charge in [-0.2, -0.15) is 0 Å². The van der Waals surface area contributed by atoms with Crippen molar-refractivity contribution in [2.45, 2.75) is 26.7 Å². The number of amides is 1. The van der Waals surface area contributed by atoms with Crippen LogP contribution in [0, 0.1) is 13.8 Å². The van der Waals surface area contributed by atoms with Crippen molar-refractivity contribution in [1.29, 1.82) is 0 Å². The zero-order valence-corrected chi connectivity index (χ0v) is 11.4. The molecule has 0 radical (unpaired) electrons. The molecular formula is C17H17NO. The Hall–Kier alpha value is -2.09. The van der Waals surface area contributed by atoms with Crippen LogP contribution in [0.4, 0.5) is 5.69 Å². The molecule has 1 atom stereocenters. The van der Waals surface area contributed by atoms with Crippen molar-refractivity contribution in [1.82, 2.24) is 0 Å². The van der Waals surface area contributed by atoms with Crippen LogP contribution in [0.1, 0.15) is 29.5 Å². The topological polar surface area (TPSA) is 29.1 Å². The largest absolute Gasteiger partial charge is 0.325 e. The summed E-state index contributed by atoms with van der Waals surface area (Å²) in [6.07, 6.45) is 0. The molecule has 1 N–H and O–H groups in total. The van der Waals surface area contributed by atoms with Crippen molar-refractivity contribution < 1.29 is 4.79 Å². The van der Waals surface area contributed by atoms with E-state index in [9.17, 15) is 4.79 Å². The van der Waals surface area contributed by atoms with E-state index in [1.165, 1.54) is 22.3 Å². The fraction of sp³-hybridized carbons (Fsp3) is 0.235. The summed E-state index contributed by atoms with van der Waals surface area (Å²) in [5.74, 6) is 0.0356. The lowest BCUT2D eigenvalue weighted by Crippen LogP contribution is -2.08. The Morgan fingerprint density at radius 1 is 0.947 bits per heavy atom. The zero-order chi connectivity index (χ0) is 13.6. The van der Waals surface area contributed by atoms with Crippen LogP contribution in [0.15, 0.2) is 36.4 Å². The highest BCUT2D eigenvalue weighted by atomic mass is 16.2. The van der Waals surface area contributed by atoms with Gasteiger partial charge in [0.05, 0.1) is 5.92 Å². The van der Waals surface area contributed by atoms with E-state index < -0.39 is 0 Å². The number of rotatable bonds is 1. The first-order valence-corrected chi connectivity index (χ1v) is 6.58. The molecule has 0 aromatic heterocycles. The van der Waals surface area contributed by atoms with Gasteiger partial charge in [-0.1, -0.05) is 35.4 Å². The predicted octanol–water partition coefficient (Wildman–Crippen LogP) is 4.03. The van der Waals surface area contributed by atoms with E-state index in [1.54, 1.807) is 0 Å². The first kappa shape index (κ1) is 12.0. The monoisotopic (exact) mass is 251 g/mol. The van der Waals surface area contributed by atoms with E-state index in [0.717, 1.165) is 11.3 Å². The standard InChI is InChI=1S/C17H17NO/c1-10-6-11(2)8-14(7-10)13-4-5-16-15(9-13)12(3)17(19)18-16/h4-9,12H,1-3H3,(H,18,19). The highest BCUT2D eigenvalue weighted by molar-refractivity contribution is 6.03. The Balaban J connectivity index is 2.10. The third-order valence-corrected chi connectivity index (χ3v) is 3.72. The van der Waals surface area contributed by atoms with Gasteiger partial charge >= 0.3 is 0 Å². The summed E-state index contributed by atoms with van der Waals surface area (Å²) in [5, 5.41) is 2.91. The van der Waals surface area contributed by atoms with Crippen LogP contribution in [0.3, 0.4) is 0 Å². The third kappa shape index (κ3) is 2.03. The fourth-order valence-corrected chi connectivity index (χ4v) is 2.74. The minimum atomic E-state index is -0.0548. The SMILES string of the molecule is Cc1cc(C)cc(-c2ccc3c(c2)C(C)C(=O)N3)c1. The van der Waals surface area contributed by atoms with E-state index in [2.05, 4.69) is 49.5 Å². The number of carbonyl (C=O) groups excluding carboxylic acids is 1. The molecule has 19 heavy (non-hydrogen) atoms. The molecule has 1 amide bonds. The Morgan fingerprint density at radius 3 is 2.32 bits per heavy atom. The molecule has 2 nitrogen and oxygen atoms in total. The van der Waals surface area contributed by atoms with Crippen LogP contribution in [0.2, 0.25) is 0 Å². The fourth-order valence-electron chi connectivity index (χ4n) is 2.74. The molecule has 1 unspecified atom stereocenters. The van der Waals surface area contributed by atoms with Crippen LogP contribution >= 0.6 is 0 Å². The Labute approximate surface area is 113 Å². The maximum Gasteiger partial charge on any atom is 0.231 e. The van der Waals surface area contributed by atoms with Gasteiger partial charge in [0.25, 0.3) is 0 Å². The second-order valence-corrected chi connectivity index (χ2v) is 5.39. The van der Waals surface area contributed by atoms with Gasteiger partial charge in [-0.05, 0) is 49.6 Å². The molecule has 0 fully saturated rings. The van der Waals surface area contributed by atoms with Gasteiger partial charge in [0.2, 0.25) is 5.91 Å². The van der Waals surface area contributed by atoms with E-state index in [1.807, 2.05) is 13.0 Å². The normalized spacial score (nSPS) is 17.2. The number of anilines is 1. The van der Waals surface area contributed by atoms with Crippen molar-refractivity contribution in [2.24, 2.45) is 0 Å². The molecule has 0 saturated carbocycles. The highest BCUT2D eigenvalue weighted by Gasteiger charge is 2.26. The van der Waals surface area contributed by atoms with Crippen LogP contribution in [0.25, 0.3) is 11.1 Å². The lowest BCUT2D eigenvalue weighted by molar-refractivity contribution is -0.116. The van der Waals surface area contributed by atoms with E-state index in [0.29, 0.717) is 0 Å². The van der Waals surface area contributed by atoms with Gasteiger partial charge < -0.3 is 5.32 Å². The van der Waals surface area contributed by atoms with Crippen molar-refractivity contribution in [3.63, 3.8) is 0 Å². The molecule has 0 saturated heterocycles. The number of carbonyl (C=O) groups is 1. The van der Waals surface area contributed by atoms with Gasteiger partial charge in [0, 0.05) is 5.69 Å². The number of fused-ring (bicyclic) bond motifs is 1. The molecule has 1 aliphatic heterocycles. The number of hydrogen-bond acceptors (Lipinski definition) is 1. The average molecular weight is 251 g/mol. The molecule has 1 heterocycles. The number of nitrogens with one attached hydrogen (secondary N) is 1. The quantitative estimate of drug-likeness (QED) is 0.814. The molecule has 2 aromatic rings. The van der Waals surface area contributed by atoms with Crippen molar-refractivity contribution in [2.75, 3.05) is 5.32 Å². The van der Waals surface area contributed by atoms with E-state index >= 15 is 0 Å². The Bertz CT molecular complexity index is 653. The smallest absolute Gasteiger partial charge is 0.231 e. The molecule has 0 spiro atoms. The summed E-state index contributed by atoms with van der Waals surface area (Å²) in [4.78, 5) is 11.7. The zero-order valence-electron chi connectivity index (χ0n) is 11.4. The molecule has 2 heteroatoms. The van der Waals surface area contributed by atoms with Crippen molar-refractivity contribution in [3.8, 4) is 11.1 Å².